The first-order valence-electron chi connectivity index (χ1n) is 10.0. The molecular formula is C22H21FN4O3. The summed E-state index contributed by atoms with van der Waals surface area (Å²) >= 11 is 0. The van der Waals surface area contributed by atoms with Gasteiger partial charge in [0.1, 0.15) is 17.6 Å². The number of aromatic hydroxyl groups is 1. The molecule has 0 fully saturated rings. The summed E-state index contributed by atoms with van der Waals surface area (Å²) < 4.78 is 20.5. The topological polar surface area (TPSA) is 105 Å². The van der Waals surface area contributed by atoms with Crippen LogP contribution < -0.4 is 5.56 Å². The van der Waals surface area contributed by atoms with Crippen LogP contribution in [0.3, 0.4) is 0 Å². The van der Waals surface area contributed by atoms with Crippen molar-refractivity contribution in [1.82, 2.24) is 14.7 Å². The minimum Gasteiger partial charge on any atom is -0.505 e. The molecular weight excluding hydrogens is 387 g/mol. The Hall–Kier alpha value is -3.47. The number of aromatic nitrogens is 3. The fourth-order valence-corrected chi connectivity index (χ4v) is 3.85. The highest BCUT2D eigenvalue weighted by Gasteiger charge is 2.21. The Kier molecular flexibility index (Phi) is 5.36. The van der Waals surface area contributed by atoms with Gasteiger partial charge in [0, 0.05) is 23.6 Å². The first-order valence-corrected chi connectivity index (χ1v) is 10.0. The summed E-state index contributed by atoms with van der Waals surface area (Å²) in [5.41, 5.74) is 2.39. The molecule has 2 heterocycles. The van der Waals surface area contributed by atoms with Gasteiger partial charge in [0.15, 0.2) is 17.3 Å². The summed E-state index contributed by atoms with van der Waals surface area (Å²) in [5, 5.41) is 23.0. The lowest BCUT2D eigenvalue weighted by Crippen LogP contribution is -2.32. The lowest BCUT2D eigenvalue weighted by molar-refractivity contribution is 0.416. The molecule has 1 N–H and O–H groups in total. The number of benzene rings is 1. The van der Waals surface area contributed by atoms with Crippen LogP contribution in [0, 0.1) is 17.1 Å². The highest BCUT2D eigenvalue weighted by molar-refractivity contribution is 5.68. The molecule has 2 aromatic heterocycles. The fraction of sp³-hybridized carbons (Fsp3) is 0.364. The lowest BCUT2D eigenvalue weighted by Gasteiger charge is -2.19. The molecule has 0 saturated heterocycles. The summed E-state index contributed by atoms with van der Waals surface area (Å²) in [5.74, 6) is -0.522. The predicted octanol–water partition coefficient (Wildman–Crippen LogP) is 3.49. The normalized spacial score (nSPS) is 13.1. The molecule has 0 aliphatic heterocycles. The summed E-state index contributed by atoms with van der Waals surface area (Å²) in [4.78, 5) is 17.9. The number of halogens is 1. The maximum atomic E-state index is 13.6. The van der Waals surface area contributed by atoms with E-state index in [1.54, 1.807) is 10.6 Å². The van der Waals surface area contributed by atoms with Crippen LogP contribution >= 0.6 is 0 Å². The highest BCUT2D eigenvalue weighted by Crippen LogP contribution is 2.30. The van der Waals surface area contributed by atoms with E-state index in [0.29, 0.717) is 12.1 Å². The number of nitriles is 1. The minimum absolute atomic E-state index is 0.0206. The van der Waals surface area contributed by atoms with Gasteiger partial charge >= 0.3 is 0 Å². The van der Waals surface area contributed by atoms with E-state index >= 15 is 0 Å². The molecule has 8 heteroatoms. The lowest BCUT2D eigenvalue weighted by atomic mass is 9.97. The molecule has 1 aromatic carbocycles. The average molecular weight is 408 g/mol. The second-order valence-electron chi connectivity index (χ2n) is 7.45. The molecule has 154 valence electrons. The number of rotatable bonds is 5. The highest BCUT2D eigenvalue weighted by atomic mass is 19.1. The molecule has 0 spiro atoms. The van der Waals surface area contributed by atoms with Crippen molar-refractivity contribution < 1.29 is 14.0 Å². The number of phenols is 1. The van der Waals surface area contributed by atoms with E-state index in [1.807, 2.05) is 13.0 Å². The molecule has 1 aliphatic carbocycles. The SMILES string of the molecule is CCCc1nc2c(c(=O)n1Cc1cc(-c3cc(O)c(F)cc3C#N)on1)CCCC2. The van der Waals surface area contributed by atoms with Crippen LogP contribution in [-0.4, -0.2) is 19.8 Å². The van der Waals surface area contributed by atoms with Crippen molar-refractivity contribution in [2.75, 3.05) is 0 Å². The largest absolute Gasteiger partial charge is 0.505 e. The van der Waals surface area contributed by atoms with E-state index in [4.69, 9.17) is 9.51 Å². The number of aryl methyl sites for hydroxylation is 2. The summed E-state index contributed by atoms with van der Waals surface area (Å²) in [6.07, 6.45) is 5.14. The molecule has 0 saturated carbocycles. The average Bonchev–Trinajstić information content (AvgIpc) is 3.21. The third kappa shape index (κ3) is 3.59. The Bertz CT molecular complexity index is 1210. The first kappa shape index (κ1) is 19.8. The van der Waals surface area contributed by atoms with Crippen molar-refractivity contribution in [3.05, 3.63) is 62.7 Å². The quantitative estimate of drug-likeness (QED) is 0.693. The van der Waals surface area contributed by atoms with Crippen LogP contribution in [0.15, 0.2) is 27.5 Å². The van der Waals surface area contributed by atoms with Crippen LogP contribution in [-0.2, 0) is 25.8 Å². The number of nitrogens with zero attached hydrogens (tertiary/aromatic N) is 4. The van der Waals surface area contributed by atoms with Crippen molar-refractivity contribution in [1.29, 1.82) is 5.26 Å². The van der Waals surface area contributed by atoms with E-state index in [1.165, 1.54) is 0 Å². The van der Waals surface area contributed by atoms with E-state index in [2.05, 4.69) is 5.16 Å². The van der Waals surface area contributed by atoms with E-state index in [0.717, 1.165) is 61.3 Å². The molecule has 0 amide bonds. The predicted molar refractivity (Wildman–Crippen MR) is 107 cm³/mol. The van der Waals surface area contributed by atoms with E-state index in [9.17, 15) is 19.6 Å². The molecule has 4 rings (SSSR count). The Balaban J connectivity index is 1.72. The van der Waals surface area contributed by atoms with E-state index < -0.39 is 11.6 Å². The van der Waals surface area contributed by atoms with Crippen molar-refractivity contribution in [2.45, 2.75) is 52.0 Å². The van der Waals surface area contributed by atoms with Gasteiger partial charge in [0.25, 0.3) is 5.56 Å². The van der Waals surface area contributed by atoms with Crippen LogP contribution in [0.5, 0.6) is 5.75 Å². The third-order valence-corrected chi connectivity index (χ3v) is 5.34. The van der Waals surface area contributed by atoms with Gasteiger partial charge in [-0.15, -0.1) is 0 Å². The molecule has 0 atom stereocenters. The van der Waals surface area contributed by atoms with Crippen LogP contribution in [0.1, 0.15) is 54.5 Å². The summed E-state index contributed by atoms with van der Waals surface area (Å²) in [7, 11) is 0. The van der Waals surface area contributed by atoms with Gasteiger partial charge < -0.3 is 9.63 Å². The summed E-state index contributed by atoms with van der Waals surface area (Å²) in [6.45, 7) is 2.22. The number of phenolic OH excluding ortho intramolecular Hbond substituents is 1. The maximum absolute atomic E-state index is 13.6. The zero-order valence-electron chi connectivity index (χ0n) is 16.6. The summed E-state index contributed by atoms with van der Waals surface area (Å²) in [6, 6.07) is 5.56. The molecule has 7 nitrogen and oxygen atoms in total. The molecule has 0 unspecified atom stereocenters. The molecule has 1 aliphatic rings. The van der Waals surface area contributed by atoms with Crippen LogP contribution in [0.25, 0.3) is 11.3 Å². The maximum Gasteiger partial charge on any atom is 0.257 e. The van der Waals surface area contributed by atoms with Crippen molar-refractivity contribution in [2.24, 2.45) is 0 Å². The van der Waals surface area contributed by atoms with Crippen molar-refractivity contribution in [3.8, 4) is 23.1 Å². The number of fused-ring (bicyclic) bond motifs is 1. The third-order valence-electron chi connectivity index (χ3n) is 5.34. The molecule has 0 bridgehead atoms. The zero-order chi connectivity index (χ0) is 21.3. The number of hydrogen-bond donors (Lipinski definition) is 1. The van der Waals surface area contributed by atoms with Gasteiger partial charge in [-0.05, 0) is 44.2 Å². The standard InChI is InChI=1S/C22H21FN4O3/c1-2-5-21-25-18-7-4-3-6-15(18)22(29)27(21)12-14-9-20(30-26-14)16-10-19(28)17(23)8-13(16)11-24/h8-10,28H,2-7,12H2,1H3. The minimum atomic E-state index is -0.883. The molecule has 3 aromatic rings. The zero-order valence-corrected chi connectivity index (χ0v) is 16.6. The monoisotopic (exact) mass is 408 g/mol. The first-order chi connectivity index (χ1) is 14.5. The van der Waals surface area contributed by atoms with Crippen LogP contribution in [0.2, 0.25) is 0 Å². The van der Waals surface area contributed by atoms with Crippen LogP contribution in [0.4, 0.5) is 4.39 Å². The Morgan fingerprint density at radius 1 is 1.30 bits per heavy atom. The second-order valence-corrected chi connectivity index (χ2v) is 7.45. The van der Waals surface area contributed by atoms with Crippen molar-refractivity contribution in [3.63, 3.8) is 0 Å². The van der Waals surface area contributed by atoms with Gasteiger partial charge in [-0.2, -0.15) is 5.26 Å². The van der Waals surface area contributed by atoms with Crippen molar-refractivity contribution >= 4 is 0 Å². The van der Waals surface area contributed by atoms with Gasteiger partial charge in [0.2, 0.25) is 0 Å². The number of hydrogen-bond acceptors (Lipinski definition) is 6. The molecule has 0 radical (unpaired) electrons. The molecule has 30 heavy (non-hydrogen) atoms. The Morgan fingerprint density at radius 2 is 2.10 bits per heavy atom. The smallest absolute Gasteiger partial charge is 0.257 e. The Labute approximate surface area is 172 Å². The second kappa shape index (κ2) is 8.11. The fourth-order valence-electron chi connectivity index (χ4n) is 3.85. The Morgan fingerprint density at radius 3 is 2.87 bits per heavy atom. The van der Waals surface area contributed by atoms with Gasteiger partial charge in [-0.3, -0.25) is 9.36 Å². The van der Waals surface area contributed by atoms with Gasteiger partial charge in [-0.1, -0.05) is 12.1 Å². The van der Waals surface area contributed by atoms with E-state index in [-0.39, 0.29) is 29.0 Å². The van der Waals surface area contributed by atoms with Gasteiger partial charge in [-0.25, -0.2) is 9.37 Å². The van der Waals surface area contributed by atoms with Gasteiger partial charge in [0.05, 0.1) is 17.8 Å².